The maximum atomic E-state index is 12.6. The SMILES string of the molecule is O=C(Cc1ccc(S(=O)(=O)N2CCCCC2)cc1)NCCc1ccccc1. The Kier molecular flexibility index (Phi) is 6.63. The summed E-state index contributed by atoms with van der Waals surface area (Å²) >= 11 is 0. The second-order valence-corrected chi connectivity index (χ2v) is 8.81. The van der Waals surface area contributed by atoms with Crippen LogP contribution in [0.1, 0.15) is 30.4 Å². The molecule has 1 N–H and O–H groups in total. The number of piperidine rings is 1. The fourth-order valence-electron chi connectivity index (χ4n) is 3.27. The van der Waals surface area contributed by atoms with E-state index in [1.54, 1.807) is 28.6 Å². The van der Waals surface area contributed by atoms with E-state index in [0.717, 1.165) is 31.2 Å². The quantitative estimate of drug-likeness (QED) is 0.796. The number of hydrogen-bond acceptors (Lipinski definition) is 3. The van der Waals surface area contributed by atoms with Crippen LogP contribution in [0, 0.1) is 0 Å². The molecule has 0 bridgehead atoms. The summed E-state index contributed by atoms with van der Waals surface area (Å²) in [5.74, 6) is -0.0578. The van der Waals surface area contributed by atoms with Crippen LogP contribution in [-0.4, -0.2) is 38.3 Å². The molecule has 1 amide bonds. The van der Waals surface area contributed by atoms with Crippen molar-refractivity contribution < 1.29 is 13.2 Å². The minimum Gasteiger partial charge on any atom is -0.355 e. The van der Waals surface area contributed by atoms with Crippen molar-refractivity contribution in [3.05, 3.63) is 65.7 Å². The number of rotatable bonds is 7. The molecular weight excluding hydrogens is 360 g/mol. The Morgan fingerprint density at radius 3 is 2.22 bits per heavy atom. The van der Waals surface area contributed by atoms with E-state index in [1.807, 2.05) is 30.3 Å². The summed E-state index contributed by atoms with van der Waals surface area (Å²) in [4.78, 5) is 12.4. The van der Waals surface area contributed by atoms with Gasteiger partial charge in [0.2, 0.25) is 15.9 Å². The number of sulfonamides is 1. The van der Waals surface area contributed by atoms with E-state index in [0.29, 0.717) is 24.5 Å². The van der Waals surface area contributed by atoms with E-state index >= 15 is 0 Å². The van der Waals surface area contributed by atoms with Gasteiger partial charge < -0.3 is 5.32 Å². The molecule has 0 spiro atoms. The van der Waals surface area contributed by atoms with Crippen molar-refractivity contribution in [2.24, 2.45) is 0 Å². The fourth-order valence-corrected chi connectivity index (χ4v) is 4.79. The Balaban J connectivity index is 1.51. The Bertz CT molecular complexity index is 843. The maximum Gasteiger partial charge on any atom is 0.243 e. The first-order valence-electron chi connectivity index (χ1n) is 9.45. The first-order chi connectivity index (χ1) is 13.1. The Labute approximate surface area is 161 Å². The normalized spacial score (nSPS) is 15.4. The molecule has 3 rings (SSSR count). The molecule has 0 aliphatic carbocycles. The third-order valence-corrected chi connectivity index (χ3v) is 6.73. The zero-order chi connectivity index (χ0) is 19.1. The zero-order valence-electron chi connectivity index (χ0n) is 15.4. The number of nitrogens with one attached hydrogen (secondary N) is 1. The highest BCUT2D eigenvalue weighted by Gasteiger charge is 2.25. The van der Waals surface area contributed by atoms with Crippen molar-refractivity contribution in [2.45, 2.75) is 37.0 Å². The van der Waals surface area contributed by atoms with Gasteiger partial charge in [-0.25, -0.2) is 8.42 Å². The number of carbonyl (C=O) groups excluding carboxylic acids is 1. The van der Waals surface area contributed by atoms with Crippen molar-refractivity contribution in [1.82, 2.24) is 9.62 Å². The lowest BCUT2D eigenvalue weighted by Crippen LogP contribution is -2.35. The standard InChI is InChI=1S/C21H26N2O3S/c24-21(22-14-13-18-7-3-1-4-8-18)17-19-9-11-20(12-10-19)27(25,26)23-15-5-2-6-16-23/h1,3-4,7-12H,2,5-6,13-17H2,(H,22,24). The van der Waals surface area contributed by atoms with Gasteiger partial charge in [0.1, 0.15) is 0 Å². The molecule has 2 aromatic carbocycles. The largest absolute Gasteiger partial charge is 0.355 e. The van der Waals surface area contributed by atoms with Crippen molar-refractivity contribution in [2.75, 3.05) is 19.6 Å². The molecule has 144 valence electrons. The van der Waals surface area contributed by atoms with Crippen LogP contribution in [-0.2, 0) is 27.7 Å². The lowest BCUT2D eigenvalue weighted by atomic mass is 10.1. The minimum absolute atomic E-state index is 0.0578. The predicted octanol–water partition coefficient (Wildman–Crippen LogP) is 2.76. The third kappa shape index (κ3) is 5.40. The van der Waals surface area contributed by atoms with Gasteiger partial charge in [0.25, 0.3) is 0 Å². The Morgan fingerprint density at radius 1 is 0.889 bits per heavy atom. The molecule has 0 atom stereocenters. The zero-order valence-corrected chi connectivity index (χ0v) is 16.2. The topological polar surface area (TPSA) is 66.5 Å². The van der Waals surface area contributed by atoms with Crippen LogP contribution in [0.3, 0.4) is 0 Å². The third-order valence-electron chi connectivity index (χ3n) is 4.82. The number of benzene rings is 2. The second-order valence-electron chi connectivity index (χ2n) is 6.87. The van der Waals surface area contributed by atoms with Crippen LogP contribution in [0.5, 0.6) is 0 Å². The average molecular weight is 387 g/mol. The van der Waals surface area contributed by atoms with Crippen LogP contribution >= 0.6 is 0 Å². The highest BCUT2D eigenvalue weighted by molar-refractivity contribution is 7.89. The van der Waals surface area contributed by atoms with Gasteiger partial charge >= 0.3 is 0 Å². The van der Waals surface area contributed by atoms with Crippen LogP contribution in [0.4, 0.5) is 0 Å². The van der Waals surface area contributed by atoms with Gasteiger partial charge in [-0.2, -0.15) is 4.31 Å². The molecule has 6 heteroatoms. The Hall–Kier alpha value is -2.18. The molecule has 1 saturated heterocycles. The molecule has 0 radical (unpaired) electrons. The van der Waals surface area contributed by atoms with Crippen molar-refractivity contribution in [1.29, 1.82) is 0 Å². The van der Waals surface area contributed by atoms with E-state index < -0.39 is 10.0 Å². The van der Waals surface area contributed by atoms with Gasteiger partial charge in [0, 0.05) is 19.6 Å². The number of carbonyl (C=O) groups is 1. The molecule has 27 heavy (non-hydrogen) atoms. The summed E-state index contributed by atoms with van der Waals surface area (Å²) in [6.07, 6.45) is 3.96. The van der Waals surface area contributed by atoms with Gasteiger partial charge in [-0.3, -0.25) is 4.79 Å². The molecule has 1 fully saturated rings. The van der Waals surface area contributed by atoms with Gasteiger partial charge in [-0.15, -0.1) is 0 Å². The first-order valence-corrected chi connectivity index (χ1v) is 10.9. The number of hydrogen-bond donors (Lipinski definition) is 1. The van der Waals surface area contributed by atoms with Crippen LogP contribution in [0.2, 0.25) is 0 Å². The van der Waals surface area contributed by atoms with Gasteiger partial charge in [-0.05, 0) is 42.5 Å². The fraction of sp³-hybridized carbons (Fsp3) is 0.381. The number of nitrogens with zero attached hydrogens (tertiary/aromatic N) is 1. The molecular formula is C21H26N2O3S. The highest BCUT2D eigenvalue weighted by Crippen LogP contribution is 2.20. The predicted molar refractivity (Wildman–Crippen MR) is 106 cm³/mol. The van der Waals surface area contributed by atoms with Crippen LogP contribution in [0.15, 0.2) is 59.5 Å². The summed E-state index contributed by atoms with van der Waals surface area (Å²) in [7, 11) is -3.42. The Morgan fingerprint density at radius 2 is 1.56 bits per heavy atom. The first kappa shape index (κ1) is 19.6. The van der Waals surface area contributed by atoms with Crippen molar-refractivity contribution in [3.63, 3.8) is 0 Å². The van der Waals surface area contributed by atoms with E-state index in [1.165, 1.54) is 5.56 Å². The molecule has 2 aromatic rings. The molecule has 1 aliphatic rings. The molecule has 0 aromatic heterocycles. The molecule has 1 aliphatic heterocycles. The molecule has 1 heterocycles. The molecule has 0 unspecified atom stereocenters. The summed E-state index contributed by atoms with van der Waals surface area (Å²) in [6.45, 7) is 1.77. The van der Waals surface area contributed by atoms with E-state index in [-0.39, 0.29) is 12.3 Å². The molecule has 5 nitrogen and oxygen atoms in total. The number of amides is 1. The molecule has 0 saturated carbocycles. The van der Waals surface area contributed by atoms with E-state index in [2.05, 4.69) is 5.32 Å². The lowest BCUT2D eigenvalue weighted by molar-refractivity contribution is -0.120. The van der Waals surface area contributed by atoms with Crippen LogP contribution < -0.4 is 5.32 Å². The van der Waals surface area contributed by atoms with Gasteiger partial charge in [-0.1, -0.05) is 48.9 Å². The summed E-state index contributed by atoms with van der Waals surface area (Å²) < 4.78 is 26.8. The van der Waals surface area contributed by atoms with Gasteiger partial charge in [0.15, 0.2) is 0 Å². The highest BCUT2D eigenvalue weighted by atomic mass is 32.2. The van der Waals surface area contributed by atoms with Crippen LogP contribution in [0.25, 0.3) is 0 Å². The smallest absolute Gasteiger partial charge is 0.243 e. The average Bonchev–Trinajstić information content (AvgIpc) is 2.70. The van der Waals surface area contributed by atoms with E-state index in [9.17, 15) is 13.2 Å². The van der Waals surface area contributed by atoms with Gasteiger partial charge in [0.05, 0.1) is 11.3 Å². The second kappa shape index (κ2) is 9.15. The summed E-state index contributed by atoms with van der Waals surface area (Å²) in [5.41, 5.74) is 2.00. The van der Waals surface area contributed by atoms with Crippen molar-refractivity contribution in [3.8, 4) is 0 Å². The van der Waals surface area contributed by atoms with E-state index in [4.69, 9.17) is 0 Å². The monoisotopic (exact) mass is 386 g/mol. The summed E-state index contributed by atoms with van der Waals surface area (Å²) in [6, 6.07) is 16.7. The lowest BCUT2D eigenvalue weighted by Gasteiger charge is -2.25. The minimum atomic E-state index is -3.42. The van der Waals surface area contributed by atoms with Crippen molar-refractivity contribution >= 4 is 15.9 Å². The maximum absolute atomic E-state index is 12.6. The summed E-state index contributed by atoms with van der Waals surface area (Å²) in [5, 5.41) is 2.91.